The molecule has 2 aromatic rings. The maximum Gasteiger partial charge on any atom is 0.208 e. The minimum atomic E-state index is -3.14. The van der Waals surface area contributed by atoms with Crippen molar-refractivity contribution in [2.24, 2.45) is 0 Å². The van der Waals surface area contributed by atoms with Crippen molar-refractivity contribution >= 4 is 44.3 Å². The Kier molecular flexibility index (Phi) is 5.59. The highest BCUT2D eigenvalue weighted by molar-refractivity contribution is 7.88. The zero-order chi connectivity index (χ0) is 14.6. The fraction of sp³-hybridized carbons (Fsp3) is 0.333. The lowest BCUT2D eigenvalue weighted by molar-refractivity contribution is 0.573. The maximum absolute atomic E-state index is 11.0. The number of halogens is 1. The molecule has 2 N–H and O–H groups in total. The first-order chi connectivity index (χ1) is 9.46. The summed E-state index contributed by atoms with van der Waals surface area (Å²) in [4.78, 5) is 2.31. The molecule has 0 aliphatic heterocycles. The number of hydrogen-bond donors (Lipinski definition) is 2. The summed E-state index contributed by atoms with van der Waals surface area (Å²) in [5.74, 6) is 0. The van der Waals surface area contributed by atoms with Crippen molar-refractivity contribution in [3.05, 3.63) is 43.7 Å². The fourth-order valence-electron chi connectivity index (χ4n) is 1.73. The molecule has 2 heterocycles. The van der Waals surface area contributed by atoms with Gasteiger partial charge in [0.15, 0.2) is 0 Å². The summed E-state index contributed by atoms with van der Waals surface area (Å²) in [6.45, 7) is 0.908. The zero-order valence-corrected chi connectivity index (χ0v) is 14.0. The Labute approximate surface area is 131 Å². The molecule has 4 nitrogen and oxygen atoms in total. The van der Waals surface area contributed by atoms with E-state index in [1.165, 1.54) is 16.2 Å². The predicted molar refractivity (Wildman–Crippen MR) is 86.3 cm³/mol. The van der Waals surface area contributed by atoms with Gasteiger partial charge in [0.1, 0.15) is 0 Å². The van der Waals surface area contributed by atoms with Gasteiger partial charge < -0.3 is 5.32 Å². The number of hydrogen-bond acceptors (Lipinski definition) is 5. The van der Waals surface area contributed by atoms with Crippen LogP contribution in [0.5, 0.6) is 0 Å². The normalized spacial score (nSPS) is 13.5. The van der Waals surface area contributed by atoms with Gasteiger partial charge in [-0.3, -0.25) is 0 Å². The van der Waals surface area contributed by atoms with Crippen molar-refractivity contribution < 1.29 is 8.42 Å². The van der Waals surface area contributed by atoms with Crippen LogP contribution in [-0.2, 0) is 10.0 Å². The van der Waals surface area contributed by atoms with Gasteiger partial charge in [-0.2, -0.15) is 0 Å². The SMILES string of the molecule is CS(=O)(=O)NCCNC(c1cccs1)c1ccc(Cl)s1. The summed E-state index contributed by atoms with van der Waals surface area (Å²) in [5.41, 5.74) is 0. The van der Waals surface area contributed by atoms with E-state index in [4.69, 9.17) is 11.6 Å². The second-order valence-corrected chi connectivity index (χ2v) is 8.77. The van der Waals surface area contributed by atoms with Crippen LogP contribution in [0.25, 0.3) is 0 Å². The lowest BCUT2D eigenvalue weighted by Crippen LogP contribution is -2.33. The monoisotopic (exact) mass is 350 g/mol. The molecule has 0 aromatic carbocycles. The average molecular weight is 351 g/mol. The average Bonchev–Trinajstić information content (AvgIpc) is 2.99. The van der Waals surface area contributed by atoms with Crippen LogP contribution in [0.3, 0.4) is 0 Å². The Morgan fingerprint density at radius 3 is 2.60 bits per heavy atom. The fourth-order valence-corrected chi connectivity index (χ4v) is 4.25. The second kappa shape index (κ2) is 7.02. The Morgan fingerprint density at radius 1 is 1.25 bits per heavy atom. The van der Waals surface area contributed by atoms with Crippen molar-refractivity contribution in [1.82, 2.24) is 10.0 Å². The highest BCUT2D eigenvalue weighted by Crippen LogP contribution is 2.32. The maximum atomic E-state index is 11.0. The molecule has 1 atom stereocenters. The van der Waals surface area contributed by atoms with Gasteiger partial charge in [-0.15, -0.1) is 22.7 Å². The molecule has 2 rings (SSSR count). The number of thiophene rings is 2. The van der Waals surface area contributed by atoms with Gasteiger partial charge in [-0.1, -0.05) is 17.7 Å². The van der Waals surface area contributed by atoms with Gasteiger partial charge in [0.2, 0.25) is 10.0 Å². The quantitative estimate of drug-likeness (QED) is 0.755. The number of rotatable bonds is 7. The number of nitrogens with one attached hydrogen (secondary N) is 2. The third kappa shape index (κ3) is 4.83. The van der Waals surface area contributed by atoms with E-state index in [9.17, 15) is 8.42 Å². The molecular formula is C12H15ClN2O2S3. The number of sulfonamides is 1. The molecule has 0 radical (unpaired) electrons. The first kappa shape index (κ1) is 15.9. The van der Waals surface area contributed by atoms with Crippen LogP contribution < -0.4 is 10.0 Å². The summed E-state index contributed by atoms with van der Waals surface area (Å²) < 4.78 is 25.3. The first-order valence-corrected chi connectivity index (χ1v) is 9.89. The topological polar surface area (TPSA) is 58.2 Å². The summed E-state index contributed by atoms with van der Waals surface area (Å²) in [7, 11) is -3.14. The Morgan fingerprint density at radius 2 is 2.05 bits per heavy atom. The predicted octanol–water partition coefficient (Wildman–Crippen LogP) is 2.69. The summed E-state index contributed by atoms with van der Waals surface area (Å²) in [6.07, 6.45) is 1.16. The summed E-state index contributed by atoms with van der Waals surface area (Å²) in [5, 5.41) is 5.38. The van der Waals surface area contributed by atoms with Gasteiger partial charge in [0.25, 0.3) is 0 Å². The lowest BCUT2D eigenvalue weighted by atomic mass is 10.2. The van der Waals surface area contributed by atoms with E-state index < -0.39 is 10.0 Å². The molecular weight excluding hydrogens is 336 g/mol. The summed E-state index contributed by atoms with van der Waals surface area (Å²) in [6, 6.07) is 7.97. The van der Waals surface area contributed by atoms with E-state index in [1.807, 2.05) is 23.6 Å². The van der Waals surface area contributed by atoms with Crippen molar-refractivity contribution in [2.45, 2.75) is 6.04 Å². The highest BCUT2D eigenvalue weighted by atomic mass is 35.5. The van der Waals surface area contributed by atoms with Crippen molar-refractivity contribution in [3.63, 3.8) is 0 Å². The van der Waals surface area contributed by atoms with E-state index >= 15 is 0 Å². The first-order valence-electron chi connectivity index (χ1n) is 5.92. The van der Waals surface area contributed by atoms with E-state index in [2.05, 4.69) is 16.1 Å². The molecule has 8 heteroatoms. The van der Waals surface area contributed by atoms with Crippen LogP contribution >= 0.6 is 34.3 Å². The third-order valence-electron chi connectivity index (χ3n) is 2.54. The molecule has 0 saturated heterocycles. The molecule has 0 saturated carbocycles. The van der Waals surface area contributed by atoms with Gasteiger partial charge in [0, 0.05) is 22.8 Å². The lowest BCUT2D eigenvalue weighted by Gasteiger charge is -2.16. The molecule has 1 unspecified atom stereocenters. The van der Waals surface area contributed by atoms with Gasteiger partial charge in [0.05, 0.1) is 16.6 Å². The van der Waals surface area contributed by atoms with E-state index in [1.54, 1.807) is 11.3 Å². The standard InChI is InChI=1S/C12H15ClN2O2S3/c1-20(16,17)15-7-6-14-12(9-3-2-8-18-9)10-4-5-11(13)19-10/h2-5,8,12,14-15H,6-7H2,1H3. The van der Waals surface area contributed by atoms with Crippen LogP contribution in [0.1, 0.15) is 15.8 Å². The smallest absolute Gasteiger partial charge is 0.208 e. The van der Waals surface area contributed by atoms with Crippen molar-refractivity contribution in [2.75, 3.05) is 19.3 Å². The molecule has 20 heavy (non-hydrogen) atoms. The zero-order valence-electron chi connectivity index (χ0n) is 10.8. The van der Waals surface area contributed by atoms with Crippen LogP contribution in [0, 0.1) is 0 Å². The van der Waals surface area contributed by atoms with Gasteiger partial charge in [-0.25, -0.2) is 13.1 Å². The molecule has 0 fully saturated rings. The van der Waals surface area contributed by atoms with Crippen molar-refractivity contribution in [1.29, 1.82) is 0 Å². The second-order valence-electron chi connectivity index (χ2n) is 4.21. The van der Waals surface area contributed by atoms with Crippen molar-refractivity contribution in [3.8, 4) is 0 Å². The molecule has 0 spiro atoms. The van der Waals surface area contributed by atoms with E-state index in [0.717, 1.165) is 15.5 Å². The largest absolute Gasteiger partial charge is 0.304 e. The molecule has 0 aliphatic carbocycles. The van der Waals surface area contributed by atoms with Crippen LogP contribution in [-0.4, -0.2) is 27.8 Å². The Balaban J connectivity index is 2.01. The van der Waals surface area contributed by atoms with E-state index in [-0.39, 0.29) is 6.04 Å². The summed E-state index contributed by atoms with van der Waals surface area (Å²) >= 11 is 9.18. The van der Waals surface area contributed by atoms with Crippen LogP contribution in [0.4, 0.5) is 0 Å². The Bertz CT molecular complexity index is 637. The highest BCUT2D eigenvalue weighted by Gasteiger charge is 2.16. The molecule has 2 aromatic heterocycles. The molecule has 110 valence electrons. The molecule has 0 aliphatic rings. The minimum absolute atomic E-state index is 0.0499. The van der Waals surface area contributed by atoms with Gasteiger partial charge in [-0.05, 0) is 23.6 Å². The molecule has 0 bridgehead atoms. The van der Waals surface area contributed by atoms with Crippen LogP contribution in [0.2, 0.25) is 4.34 Å². The third-order valence-corrected chi connectivity index (χ3v) is 5.51. The Hall–Kier alpha value is -0.440. The molecule has 0 amide bonds. The van der Waals surface area contributed by atoms with Crippen LogP contribution in [0.15, 0.2) is 29.6 Å². The minimum Gasteiger partial charge on any atom is -0.304 e. The van der Waals surface area contributed by atoms with E-state index in [0.29, 0.717) is 13.1 Å². The van der Waals surface area contributed by atoms with Gasteiger partial charge >= 0.3 is 0 Å².